The summed E-state index contributed by atoms with van der Waals surface area (Å²) in [6, 6.07) is 13.9. The average molecular weight is 528 g/mol. The van der Waals surface area contributed by atoms with Crippen LogP contribution in [0, 0.1) is 5.92 Å². The van der Waals surface area contributed by atoms with Crippen molar-refractivity contribution in [1.82, 2.24) is 15.1 Å². The highest BCUT2D eigenvalue weighted by atomic mass is 19.4. The topological polar surface area (TPSA) is 96.9 Å². The molecule has 2 aromatic carbocycles. The summed E-state index contributed by atoms with van der Waals surface area (Å²) < 4.78 is 47.4. The molecule has 1 atom stereocenters. The molecule has 2 aliphatic rings. The van der Waals surface area contributed by atoms with E-state index in [1.54, 1.807) is 36.7 Å². The first-order valence-corrected chi connectivity index (χ1v) is 12.0. The van der Waals surface area contributed by atoms with Gasteiger partial charge in [-0.3, -0.25) is 9.59 Å². The molecule has 0 unspecified atom stereocenters. The predicted molar refractivity (Wildman–Crippen MR) is 131 cm³/mol. The van der Waals surface area contributed by atoms with Gasteiger partial charge in [0.05, 0.1) is 30.5 Å². The molecule has 2 saturated heterocycles. The number of alkyl halides is 3. The Bertz CT molecular complexity index is 1280. The summed E-state index contributed by atoms with van der Waals surface area (Å²) in [7, 11) is 0. The predicted octanol–water partition coefficient (Wildman–Crippen LogP) is 3.74. The number of carbonyl (C=O) groups excluding carboxylic acids is 2. The molecule has 0 aliphatic carbocycles. The van der Waals surface area contributed by atoms with E-state index in [0.29, 0.717) is 44.0 Å². The standard InChI is InChI=1S/C26H24F3N5O4/c27-26(28,29)38-22-3-1-2-17(12-22)25(36)33-11-9-23(16-33)37-21-6-4-19(5-7-21)32-24(35)18-14-34(15-18)20-8-10-30-31-13-20/h1-8,10,12-13,18,23H,9,11,14-16H2,(H,32,35)/t23-/m1/s1. The van der Waals surface area contributed by atoms with Crippen LogP contribution in [0.3, 0.4) is 0 Å². The van der Waals surface area contributed by atoms with Gasteiger partial charge in [-0.05, 0) is 48.5 Å². The molecule has 38 heavy (non-hydrogen) atoms. The van der Waals surface area contributed by atoms with E-state index in [9.17, 15) is 22.8 Å². The Morgan fingerprint density at radius 1 is 0.974 bits per heavy atom. The number of anilines is 2. The van der Waals surface area contributed by atoms with E-state index >= 15 is 0 Å². The Morgan fingerprint density at radius 3 is 2.47 bits per heavy atom. The molecular formula is C26H24F3N5O4. The highest BCUT2D eigenvalue weighted by Crippen LogP contribution is 2.27. The van der Waals surface area contributed by atoms with Crippen molar-refractivity contribution in [3.63, 3.8) is 0 Å². The number of amides is 2. The third-order valence-electron chi connectivity index (χ3n) is 6.36. The van der Waals surface area contributed by atoms with Crippen LogP contribution < -0.4 is 19.7 Å². The van der Waals surface area contributed by atoms with Crippen LogP contribution in [-0.2, 0) is 4.79 Å². The van der Waals surface area contributed by atoms with E-state index in [1.165, 1.54) is 17.0 Å². The first-order valence-electron chi connectivity index (χ1n) is 12.0. The molecule has 1 aromatic heterocycles. The molecular weight excluding hydrogens is 503 g/mol. The van der Waals surface area contributed by atoms with E-state index in [4.69, 9.17) is 4.74 Å². The maximum atomic E-state index is 12.8. The van der Waals surface area contributed by atoms with Crippen molar-refractivity contribution in [3.8, 4) is 11.5 Å². The smallest absolute Gasteiger partial charge is 0.489 e. The number of carbonyl (C=O) groups is 2. The maximum absolute atomic E-state index is 12.8. The van der Waals surface area contributed by atoms with Gasteiger partial charge >= 0.3 is 6.36 Å². The van der Waals surface area contributed by atoms with Crippen molar-refractivity contribution in [3.05, 3.63) is 72.6 Å². The number of nitrogens with zero attached hydrogens (tertiary/aromatic N) is 4. The van der Waals surface area contributed by atoms with Gasteiger partial charge in [0.15, 0.2) is 0 Å². The van der Waals surface area contributed by atoms with Crippen LogP contribution in [0.4, 0.5) is 24.5 Å². The van der Waals surface area contributed by atoms with E-state index in [0.717, 1.165) is 17.8 Å². The summed E-state index contributed by atoms with van der Waals surface area (Å²) in [6.45, 7) is 1.92. The van der Waals surface area contributed by atoms with Crippen molar-refractivity contribution in [2.45, 2.75) is 18.9 Å². The Kier molecular flexibility index (Phi) is 7.03. The van der Waals surface area contributed by atoms with E-state index in [1.807, 2.05) is 6.07 Å². The zero-order chi connectivity index (χ0) is 26.7. The number of likely N-dealkylation sites (tertiary alicyclic amines) is 1. The second-order valence-corrected chi connectivity index (χ2v) is 9.07. The van der Waals surface area contributed by atoms with Gasteiger partial charge in [-0.2, -0.15) is 10.2 Å². The molecule has 2 aliphatic heterocycles. The van der Waals surface area contributed by atoms with E-state index in [2.05, 4.69) is 25.2 Å². The number of benzene rings is 2. The van der Waals surface area contributed by atoms with Crippen LogP contribution >= 0.6 is 0 Å². The van der Waals surface area contributed by atoms with Gasteiger partial charge in [0.1, 0.15) is 17.6 Å². The summed E-state index contributed by atoms with van der Waals surface area (Å²) in [5, 5.41) is 10.5. The molecule has 12 heteroatoms. The third kappa shape index (κ3) is 6.13. The molecule has 2 fully saturated rings. The molecule has 0 saturated carbocycles. The molecule has 5 rings (SSSR count). The SMILES string of the molecule is O=C(Nc1ccc(O[C@@H]2CCN(C(=O)c3cccc(OC(F)(F)F)c3)C2)cc1)C1CN(c2ccnnc2)C1. The molecule has 0 spiro atoms. The molecule has 3 aromatic rings. The van der Waals surface area contributed by atoms with Gasteiger partial charge < -0.3 is 24.6 Å². The Labute approximate surface area is 216 Å². The van der Waals surface area contributed by atoms with Crippen molar-refractivity contribution < 1.29 is 32.2 Å². The number of aromatic nitrogens is 2. The van der Waals surface area contributed by atoms with Gasteiger partial charge in [-0.15, -0.1) is 13.2 Å². The number of nitrogens with one attached hydrogen (secondary N) is 1. The summed E-state index contributed by atoms with van der Waals surface area (Å²) in [5.74, 6) is -0.434. The van der Waals surface area contributed by atoms with Gasteiger partial charge in [0.2, 0.25) is 5.91 Å². The number of rotatable bonds is 7. The lowest BCUT2D eigenvalue weighted by atomic mass is 9.98. The van der Waals surface area contributed by atoms with Gasteiger partial charge in [0.25, 0.3) is 5.91 Å². The number of halogens is 3. The molecule has 198 valence electrons. The lowest BCUT2D eigenvalue weighted by Gasteiger charge is -2.39. The molecule has 0 bridgehead atoms. The number of hydrogen-bond donors (Lipinski definition) is 1. The lowest BCUT2D eigenvalue weighted by molar-refractivity contribution is -0.274. The Morgan fingerprint density at radius 2 is 1.76 bits per heavy atom. The Balaban J connectivity index is 1.09. The van der Waals surface area contributed by atoms with Crippen molar-refractivity contribution in [2.24, 2.45) is 5.92 Å². The van der Waals surface area contributed by atoms with Crippen LogP contribution in [0.1, 0.15) is 16.8 Å². The summed E-state index contributed by atoms with van der Waals surface area (Å²) in [5.41, 5.74) is 1.69. The van der Waals surface area contributed by atoms with Gasteiger partial charge in [-0.25, -0.2) is 0 Å². The van der Waals surface area contributed by atoms with Gasteiger partial charge in [0, 0.05) is 37.3 Å². The summed E-state index contributed by atoms with van der Waals surface area (Å²) >= 11 is 0. The highest BCUT2D eigenvalue weighted by molar-refractivity contribution is 5.95. The molecule has 3 heterocycles. The third-order valence-corrected chi connectivity index (χ3v) is 6.36. The normalized spacial score (nSPS) is 17.6. The lowest BCUT2D eigenvalue weighted by Crippen LogP contribution is -2.52. The zero-order valence-electron chi connectivity index (χ0n) is 20.1. The van der Waals surface area contributed by atoms with Crippen LogP contribution in [0.25, 0.3) is 0 Å². The van der Waals surface area contributed by atoms with Crippen LogP contribution in [-0.4, -0.2) is 65.6 Å². The summed E-state index contributed by atoms with van der Waals surface area (Å²) in [6.07, 6.45) is -1.24. The van der Waals surface area contributed by atoms with Crippen LogP contribution in [0.5, 0.6) is 11.5 Å². The highest BCUT2D eigenvalue weighted by Gasteiger charge is 2.34. The monoisotopic (exact) mass is 527 g/mol. The van der Waals surface area contributed by atoms with E-state index in [-0.39, 0.29) is 23.5 Å². The van der Waals surface area contributed by atoms with Crippen LogP contribution in [0.2, 0.25) is 0 Å². The van der Waals surface area contributed by atoms with Gasteiger partial charge in [-0.1, -0.05) is 6.07 Å². The summed E-state index contributed by atoms with van der Waals surface area (Å²) in [4.78, 5) is 28.9. The largest absolute Gasteiger partial charge is 0.573 e. The van der Waals surface area contributed by atoms with Crippen LogP contribution in [0.15, 0.2) is 67.0 Å². The fourth-order valence-corrected chi connectivity index (χ4v) is 4.40. The minimum Gasteiger partial charge on any atom is -0.489 e. The molecule has 1 N–H and O–H groups in total. The fourth-order valence-electron chi connectivity index (χ4n) is 4.40. The fraction of sp³-hybridized carbons (Fsp3) is 0.308. The quantitative estimate of drug-likeness (QED) is 0.500. The molecule has 9 nitrogen and oxygen atoms in total. The zero-order valence-corrected chi connectivity index (χ0v) is 20.1. The van der Waals surface area contributed by atoms with Crippen molar-refractivity contribution >= 4 is 23.2 Å². The van der Waals surface area contributed by atoms with Crippen molar-refractivity contribution in [2.75, 3.05) is 36.4 Å². The Hall–Kier alpha value is -4.35. The minimum absolute atomic E-state index is 0.0633. The maximum Gasteiger partial charge on any atom is 0.573 e. The average Bonchev–Trinajstić information content (AvgIpc) is 3.32. The molecule has 0 radical (unpaired) electrons. The minimum atomic E-state index is -4.83. The van der Waals surface area contributed by atoms with Crippen molar-refractivity contribution in [1.29, 1.82) is 0 Å². The second kappa shape index (κ2) is 10.6. The first kappa shape index (κ1) is 25.3. The first-order chi connectivity index (χ1) is 18.2. The van der Waals surface area contributed by atoms with E-state index < -0.39 is 18.0 Å². The number of hydrogen-bond acceptors (Lipinski definition) is 7. The molecule has 2 amide bonds. The number of ether oxygens (including phenoxy) is 2. The second-order valence-electron chi connectivity index (χ2n) is 9.07.